The van der Waals surface area contributed by atoms with E-state index in [1.165, 1.54) is 0 Å². The number of nitrogens with zero attached hydrogens (tertiary/aromatic N) is 2. The third-order valence-electron chi connectivity index (χ3n) is 6.31. The summed E-state index contributed by atoms with van der Waals surface area (Å²) in [6, 6.07) is 39.3. The van der Waals surface area contributed by atoms with Gasteiger partial charge in [-0.05, 0) is 84.9 Å². The van der Waals surface area contributed by atoms with Crippen LogP contribution >= 0.6 is 0 Å². The first-order chi connectivity index (χ1) is 18.8. The Morgan fingerprint density at radius 1 is 0.421 bits per heavy atom. The van der Waals surface area contributed by atoms with Crippen molar-refractivity contribution in [2.75, 3.05) is 0 Å². The molecule has 0 atom stereocenters. The first kappa shape index (κ1) is 21.9. The minimum atomic E-state index is 0.692. The van der Waals surface area contributed by atoms with E-state index >= 15 is 0 Å². The van der Waals surface area contributed by atoms with Crippen LogP contribution in [0.4, 0.5) is 0 Å². The van der Waals surface area contributed by atoms with Crippen molar-refractivity contribution in [1.29, 1.82) is 0 Å². The predicted octanol–water partition coefficient (Wildman–Crippen LogP) is 8.36. The maximum absolute atomic E-state index is 6.09. The van der Waals surface area contributed by atoms with E-state index in [-0.39, 0.29) is 0 Å². The highest BCUT2D eigenvalue weighted by atomic mass is 16.5. The van der Waals surface area contributed by atoms with Crippen LogP contribution in [0.3, 0.4) is 0 Å². The van der Waals surface area contributed by atoms with E-state index in [0.717, 1.165) is 56.3 Å². The fourth-order valence-corrected chi connectivity index (χ4v) is 4.41. The van der Waals surface area contributed by atoms with Crippen LogP contribution < -0.4 is 9.47 Å². The molecule has 0 aliphatic rings. The molecule has 2 N–H and O–H groups in total. The fraction of sp³-hybridized carbons (Fsp3) is 0. The molecule has 2 heterocycles. The van der Waals surface area contributed by atoms with Crippen LogP contribution in [0.25, 0.3) is 44.8 Å². The van der Waals surface area contributed by atoms with Crippen LogP contribution in [0, 0.1) is 0 Å². The SMILES string of the molecule is c1cc(Oc2ccc(-c3nc4ccccc4[nH]3)cc2)cc(Oc2ccc(-c3nc4ccccc4[nH]3)cc2)c1. The first-order valence-corrected chi connectivity index (χ1v) is 12.3. The van der Waals surface area contributed by atoms with Gasteiger partial charge in [0.15, 0.2) is 0 Å². The van der Waals surface area contributed by atoms with E-state index in [9.17, 15) is 0 Å². The van der Waals surface area contributed by atoms with Crippen LogP contribution in [0.5, 0.6) is 23.0 Å². The molecule has 7 rings (SSSR count). The molecular weight excluding hydrogens is 472 g/mol. The van der Waals surface area contributed by atoms with E-state index in [1.54, 1.807) is 0 Å². The van der Waals surface area contributed by atoms with Crippen LogP contribution in [-0.4, -0.2) is 19.9 Å². The molecule has 182 valence electrons. The van der Waals surface area contributed by atoms with Gasteiger partial charge in [0, 0.05) is 17.2 Å². The second-order valence-corrected chi connectivity index (χ2v) is 8.93. The van der Waals surface area contributed by atoms with Gasteiger partial charge in [-0.1, -0.05) is 30.3 Å². The van der Waals surface area contributed by atoms with Crippen molar-refractivity contribution >= 4 is 22.1 Å². The molecule has 6 nitrogen and oxygen atoms in total. The van der Waals surface area contributed by atoms with Gasteiger partial charge in [0.2, 0.25) is 0 Å². The van der Waals surface area contributed by atoms with E-state index in [2.05, 4.69) is 19.9 Å². The Kier molecular flexibility index (Phi) is 5.33. The largest absolute Gasteiger partial charge is 0.457 e. The number of nitrogens with one attached hydrogen (secondary N) is 2. The van der Waals surface area contributed by atoms with Crippen molar-refractivity contribution in [2.24, 2.45) is 0 Å². The Morgan fingerprint density at radius 3 is 1.32 bits per heavy atom. The minimum absolute atomic E-state index is 0.692. The van der Waals surface area contributed by atoms with Crippen molar-refractivity contribution < 1.29 is 9.47 Å². The van der Waals surface area contributed by atoms with Gasteiger partial charge in [-0.15, -0.1) is 0 Å². The first-order valence-electron chi connectivity index (χ1n) is 12.3. The predicted molar refractivity (Wildman–Crippen MR) is 150 cm³/mol. The minimum Gasteiger partial charge on any atom is -0.457 e. The van der Waals surface area contributed by atoms with Gasteiger partial charge in [-0.3, -0.25) is 0 Å². The molecule has 7 aromatic rings. The molecular formula is C32H22N4O2. The van der Waals surface area contributed by atoms with Gasteiger partial charge < -0.3 is 19.4 Å². The average molecular weight is 495 g/mol. The summed E-state index contributed by atoms with van der Waals surface area (Å²) < 4.78 is 12.2. The number of benzene rings is 5. The smallest absolute Gasteiger partial charge is 0.138 e. The highest BCUT2D eigenvalue weighted by Crippen LogP contribution is 2.31. The van der Waals surface area contributed by atoms with Gasteiger partial charge >= 0.3 is 0 Å². The quantitative estimate of drug-likeness (QED) is 0.244. The fourth-order valence-electron chi connectivity index (χ4n) is 4.41. The van der Waals surface area contributed by atoms with Crippen LogP contribution in [0.2, 0.25) is 0 Å². The number of ether oxygens (including phenoxy) is 2. The normalized spacial score (nSPS) is 11.2. The number of aromatic amines is 2. The monoisotopic (exact) mass is 494 g/mol. The van der Waals surface area contributed by atoms with Crippen LogP contribution in [-0.2, 0) is 0 Å². The molecule has 2 aromatic heterocycles. The number of aromatic nitrogens is 4. The van der Waals surface area contributed by atoms with Crippen molar-refractivity contribution in [3.63, 3.8) is 0 Å². The standard InChI is InChI=1S/C32H22N4O2/c1-2-9-28-27(8-1)33-31(34-28)21-12-16-23(17-13-21)37-25-6-5-7-26(20-25)38-24-18-14-22(15-19-24)32-35-29-10-3-4-11-30(29)36-32/h1-20H,(H,33,34)(H,35,36). The third-order valence-corrected chi connectivity index (χ3v) is 6.31. The number of imidazole rings is 2. The molecule has 0 saturated heterocycles. The van der Waals surface area contributed by atoms with Crippen LogP contribution in [0.15, 0.2) is 121 Å². The molecule has 38 heavy (non-hydrogen) atoms. The molecule has 0 aliphatic heterocycles. The Hall–Kier alpha value is -5.36. The maximum atomic E-state index is 6.09. The zero-order valence-electron chi connectivity index (χ0n) is 20.3. The number of H-pyrrole nitrogens is 2. The van der Waals surface area contributed by atoms with E-state index in [4.69, 9.17) is 9.47 Å². The zero-order chi connectivity index (χ0) is 25.3. The highest BCUT2D eigenvalue weighted by molar-refractivity contribution is 5.80. The van der Waals surface area contributed by atoms with Crippen molar-refractivity contribution in [3.05, 3.63) is 121 Å². The molecule has 0 fully saturated rings. The summed E-state index contributed by atoms with van der Waals surface area (Å²) in [5.74, 6) is 4.52. The van der Waals surface area contributed by atoms with Gasteiger partial charge in [0.25, 0.3) is 0 Å². The molecule has 0 spiro atoms. The topological polar surface area (TPSA) is 75.8 Å². The number of fused-ring (bicyclic) bond motifs is 2. The summed E-state index contributed by atoms with van der Waals surface area (Å²) in [6.07, 6.45) is 0. The van der Waals surface area contributed by atoms with Gasteiger partial charge in [0.1, 0.15) is 34.6 Å². The maximum Gasteiger partial charge on any atom is 0.138 e. The Balaban J connectivity index is 1.04. The number of para-hydroxylation sites is 4. The summed E-state index contributed by atoms with van der Waals surface area (Å²) in [6.45, 7) is 0. The lowest BCUT2D eigenvalue weighted by Gasteiger charge is -2.10. The summed E-state index contributed by atoms with van der Waals surface area (Å²) in [5.41, 5.74) is 5.92. The molecule has 0 aliphatic carbocycles. The molecule has 5 aromatic carbocycles. The molecule has 0 unspecified atom stereocenters. The summed E-state index contributed by atoms with van der Waals surface area (Å²) >= 11 is 0. The molecule has 0 radical (unpaired) electrons. The lowest BCUT2D eigenvalue weighted by Crippen LogP contribution is -1.88. The Bertz CT molecular complexity index is 1670. The van der Waals surface area contributed by atoms with E-state index < -0.39 is 0 Å². The van der Waals surface area contributed by atoms with Gasteiger partial charge in [-0.2, -0.15) is 0 Å². The number of hydrogen-bond donors (Lipinski definition) is 2. The van der Waals surface area contributed by atoms with Crippen molar-refractivity contribution in [2.45, 2.75) is 0 Å². The van der Waals surface area contributed by atoms with Gasteiger partial charge in [-0.25, -0.2) is 9.97 Å². The third kappa shape index (κ3) is 4.35. The second kappa shape index (κ2) is 9.26. The van der Waals surface area contributed by atoms with Crippen molar-refractivity contribution in [3.8, 4) is 45.8 Å². The number of hydrogen-bond acceptors (Lipinski definition) is 4. The molecule has 6 heteroatoms. The van der Waals surface area contributed by atoms with E-state index in [1.807, 2.05) is 121 Å². The zero-order valence-corrected chi connectivity index (χ0v) is 20.3. The molecule has 0 saturated carbocycles. The highest BCUT2D eigenvalue weighted by Gasteiger charge is 2.08. The lowest BCUT2D eigenvalue weighted by atomic mass is 10.2. The lowest BCUT2D eigenvalue weighted by molar-refractivity contribution is 0.460. The Morgan fingerprint density at radius 2 is 0.868 bits per heavy atom. The summed E-state index contributed by atoms with van der Waals surface area (Å²) in [5, 5.41) is 0. The second-order valence-electron chi connectivity index (χ2n) is 8.93. The number of rotatable bonds is 6. The average Bonchev–Trinajstić information content (AvgIpc) is 3.59. The van der Waals surface area contributed by atoms with Crippen molar-refractivity contribution in [1.82, 2.24) is 19.9 Å². The molecule has 0 amide bonds. The summed E-state index contributed by atoms with van der Waals surface area (Å²) in [7, 11) is 0. The van der Waals surface area contributed by atoms with E-state index in [0.29, 0.717) is 11.5 Å². The molecule has 0 bridgehead atoms. The van der Waals surface area contributed by atoms with Gasteiger partial charge in [0.05, 0.1) is 22.1 Å². The van der Waals surface area contributed by atoms with Crippen LogP contribution in [0.1, 0.15) is 0 Å². The Labute approximate surface area is 218 Å². The summed E-state index contributed by atoms with van der Waals surface area (Å²) in [4.78, 5) is 16.0.